The molecule has 0 N–H and O–H groups in total. The Morgan fingerprint density at radius 3 is 2.00 bits per heavy atom. The fourth-order valence-corrected chi connectivity index (χ4v) is 3.70. The van der Waals surface area contributed by atoms with Crippen LogP contribution in [-0.2, 0) is 23.7 Å². The Labute approximate surface area is 161 Å². The van der Waals surface area contributed by atoms with Gasteiger partial charge in [-0.25, -0.2) is 0 Å². The summed E-state index contributed by atoms with van der Waals surface area (Å²) in [5.41, 5.74) is 0.216. The van der Waals surface area contributed by atoms with Gasteiger partial charge in [-0.1, -0.05) is 52.4 Å². The summed E-state index contributed by atoms with van der Waals surface area (Å²) in [6.45, 7) is 7.63. The quantitative estimate of drug-likeness (QED) is 0.271. The van der Waals surface area contributed by atoms with Crippen LogP contribution in [0.4, 0.5) is 0 Å². The molecule has 156 valence electrons. The second-order valence-electron chi connectivity index (χ2n) is 7.97. The maximum Gasteiger partial charge on any atom is 0.285 e. The van der Waals surface area contributed by atoms with E-state index < -0.39 is 5.97 Å². The van der Waals surface area contributed by atoms with Crippen LogP contribution in [0.1, 0.15) is 71.6 Å². The zero-order valence-electron chi connectivity index (χ0n) is 17.8. The molecule has 1 fully saturated rings. The molecule has 1 atom stereocenters. The van der Waals surface area contributed by atoms with E-state index in [1.807, 2.05) is 0 Å². The van der Waals surface area contributed by atoms with Gasteiger partial charge in [-0.05, 0) is 19.3 Å². The normalized spacial score (nSPS) is 17.9. The van der Waals surface area contributed by atoms with E-state index in [9.17, 15) is 0 Å². The highest BCUT2D eigenvalue weighted by molar-refractivity contribution is 4.80. The highest BCUT2D eigenvalue weighted by Gasteiger charge is 2.39. The molecule has 1 heterocycles. The fraction of sp³-hybridized carbons (Fsp3) is 1.00. The smallest absolute Gasteiger partial charge is 0.285 e. The van der Waals surface area contributed by atoms with Crippen LogP contribution in [0.15, 0.2) is 0 Å². The van der Waals surface area contributed by atoms with Crippen molar-refractivity contribution in [2.45, 2.75) is 77.6 Å². The summed E-state index contributed by atoms with van der Waals surface area (Å²) < 4.78 is 28.0. The molecular weight excluding hydrogens is 332 g/mol. The van der Waals surface area contributed by atoms with Gasteiger partial charge in [0.2, 0.25) is 0 Å². The van der Waals surface area contributed by atoms with E-state index in [0.29, 0.717) is 0 Å². The van der Waals surface area contributed by atoms with Crippen molar-refractivity contribution in [1.29, 1.82) is 0 Å². The van der Waals surface area contributed by atoms with Crippen LogP contribution >= 0.6 is 0 Å². The molecule has 0 aromatic rings. The summed E-state index contributed by atoms with van der Waals surface area (Å²) in [5, 5.41) is 0. The molecule has 1 aliphatic rings. The Balaban J connectivity index is 2.36. The van der Waals surface area contributed by atoms with Crippen LogP contribution in [0.5, 0.6) is 0 Å². The van der Waals surface area contributed by atoms with E-state index in [2.05, 4.69) is 13.8 Å². The first-order chi connectivity index (χ1) is 12.6. The van der Waals surface area contributed by atoms with Crippen LogP contribution in [0.25, 0.3) is 0 Å². The lowest BCUT2D eigenvalue weighted by Gasteiger charge is -2.38. The summed E-state index contributed by atoms with van der Waals surface area (Å²) in [6, 6.07) is 0. The standard InChI is InChI=1S/C21H42O5/c1-6-7-8-9-10-11-13-19(21(22-3,23-4)24-5)14-12-15-25-16-20(2)17-26-18-20/h19H,6-18H2,1-5H3. The van der Waals surface area contributed by atoms with Crippen molar-refractivity contribution in [2.75, 3.05) is 47.8 Å². The van der Waals surface area contributed by atoms with Gasteiger partial charge in [0.25, 0.3) is 5.97 Å². The van der Waals surface area contributed by atoms with Gasteiger partial charge < -0.3 is 23.7 Å². The Morgan fingerprint density at radius 2 is 1.46 bits per heavy atom. The lowest BCUT2D eigenvalue weighted by atomic mass is 9.90. The zero-order chi connectivity index (χ0) is 19.3. The van der Waals surface area contributed by atoms with Crippen LogP contribution in [0, 0.1) is 11.3 Å². The topological polar surface area (TPSA) is 46.2 Å². The van der Waals surface area contributed by atoms with E-state index in [1.54, 1.807) is 21.3 Å². The molecule has 0 aromatic carbocycles. The molecule has 0 bridgehead atoms. The van der Waals surface area contributed by atoms with Gasteiger partial charge in [0.15, 0.2) is 0 Å². The molecule has 26 heavy (non-hydrogen) atoms. The molecule has 0 radical (unpaired) electrons. The minimum Gasteiger partial charge on any atom is -0.381 e. The zero-order valence-corrected chi connectivity index (χ0v) is 17.8. The van der Waals surface area contributed by atoms with Crippen molar-refractivity contribution < 1.29 is 23.7 Å². The molecule has 5 heteroatoms. The van der Waals surface area contributed by atoms with Crippen LogP contribution in [0.2, 0.25) is 0 Å². The minimum atomic E-state index is -0.947. The molecule has 5 nitrogen and oxygen atoms in total. The van der Waals surface area contributed by atoms with E-state index in [4.69, 9.17) is 23.7 Å². The second kappa shape index (κ2) is 13.1. The largest absolute Gasteiger partial charge is 0.381 e. The third kappa shape index (κ3) is 7.81. The Bertz CT molecular complexity index is 331. The molecule has 0 saturated carbocycles. The van der Waals surface area contributed by atoms with E-state index in [-0.39, 0.29) is 11.3 Å². The fourth-order valence-electron chi connectivity index (χ4n) is 3.70. The number of ether oxygens (including phenoxy) is 5. The van der Waals surface area contributed by atoms with Crippen molar-refractivity contribution in [1.82, 2.24) is 0 Å². The summed E-state index contributed by atoms with van der Waals surface area (Å²) in [6.07, 6.45) is 10.7. The number of methoxy groups -OCH3 is 3. The first-order valence-corrected chi connectivity index (χ1v) is 10.4. The van der Waals surface area contributed by atoms with Gasteiger partial charge in [0.05, 0.1) is 19.8 Å². The molecule has 1 aliphatic heterocycles. The van der Waals surface area contributed by atoms with E-state index >= 15 is 0 Å². The number of rotatable bonds is 17. The first kappa shape index (κ1) is 23.8. The maximum absolute atomic E-state index is 5.87. The van der Waals surface area contributed by atoms with Crippen molar-refractivity contribution in [3.8, 4) is 0 Å². The van der Waals surface area contributed by atoms with Crippen LogP contribution in [0.3, 0.4) is 0 Å². The Kier molecular flexibility index (Phi) is 12.0. The third-order valence-electron chi connectivity index (χ3n) is 5.45. The molecule has 0 aliphatic carbocycles. The van der Waals surface area contributed by atoms with Crippen molar-refractivity contribution >= 4 is 0 Å². The van der Waals surface area contributed by atoms with Gasteiger partial charge in [0, 0.05) is 39.3 Å². The molecule has 0 amide bonds. The van der Waals surface area contributed by atoms with Gasteiger partial charge in [-0.3, -0.25) is 0 Å². The lowest BCUT2D eigenvalue weighted by molar-refractivity contribution is -0.380. The molecule has 1 rings (SSSR count). The Morgan fingerprint density at radius 1 is 0.885 bits per heavy atom. The highest BCUT2D eigenvalue weighted by Crippen LogP contribution is 2.32. The highest BCUT2D eigenvalue weighted by atomic mass is 16.9. The van der Waals surface area contributed by atoms with Crippen LogP contribution < -0.4 is 0 Å². The molecule has 1 unspecified atom stereocenters. The predicted molar refractivity (Wildman–Crippen MR) is 104 cm³/mol. The summed E-state index contributed by atoms with van der Waals surface area (Å²) in [7, 11) is 4.99. The monoisotopic (exact) mass is 374 g/mol. The average Bonchev–Trinajstić information content (AvgIpc) is 2.63. The van der Waals surface area contributed by atoms with Crippen molar-refractivity contribution in [3.63, 3.8) is 0 Å². The third-order valence-corrected chi connectivity index (χ3v) is 5.45. The molecular formula is C21H42O5. The van der Waals surface area contributed by atoms with Crippen molar-refractivity contribution in [3.05, 3.63) is 0 Å². The Hall–Kier alpha value is -0.200. The first-order valence-electron chi connectivity index (χ1n) is 10.4. The van der Waals surface area contributed by atoms with Gasteiger partial charge >= 0.3 is 0 Å². The molecule has 0 spiro atoms. The van der Waals surface area contributed by atoms with Gasteiger partial charge in [0.1, 0.15) is 0 Å². The molecule has 0 aromatic heterocycles. The van der Waals surface area contributed by atoms with Gasteiger partial charge in [-0.2, -0.15) is 0 Å². The minimum absolute atomic E-state index is 0.208. The number of unbranched alkanes of at least 4 members (excludes halogenated alkanes) is 5. The number of hydrogen-bond donors (Lipinski definition) is 0. The lowest BCUT2D eigenvalue weighted by Crippen LogP contribution is -2.44. The van der Waals surface area contributed by atoms with Crippen LogP contribution in [-0.4, -0.2) is 53.7 Å². The summed E-state index contributed by atoms with van der Waals surface area (Å²) >= 11 is 0. The summed E-state index contributed by atoms with van der Waals surface area (Å²) in [5.74, 6) is -0.739. The van der Waals surface area contributed by atoms with E-state index in [1.165, 1.54) is 38.5 Å². The predicted octanol–water partition coefficient (Wildman–Crippen LogP) is 4.78. The SMILES string of the molecule is CCCCCCCCC(CCCOCC1(C)COC1)C(OC)(OC)OC. The number of hydrogen-bond acceptors (Lipinski definition) is 5. The maximum atomic E-state index is 5.87. The summed E-state index contributed by atoms with van der Waals surface area (Å²) in [4.78, 5) is 0. The second-order valence-corrected chi connectivity index (χ2v) is 7.97. The van der Waals surface area contributed by atoms with Gasteiger partial charge in [-0.15, -0.1) is 0 Å². The average molecular weight is 375 g/mol. The van der Waals surface area contributed by atoms with E-state index in [0.717, 1.165) is 45.7 Å². The molecule has 1 saturated heterocycles. The van der Waals surface area contributed by atoms with Crippen molar-refractivity contribution in [2.24, 2.45) is 11.3 Å².